The monoisotopic (exact) mass is 393 g/mol. The van der Waals surface area contributed by atoms with Crippen LogP contribution in [0.15, 0.2) is 46.9 Å². The first-order valence-corrected chi connectivity index (χ1v) is 9.18. The summed E-state index contributed by atoms with van der Waals surface area (Å²) >= 11 is 5.28. The number of anilines is 1. The third-order valence-corrected chi connectivity index (χ3v) is 5.13. The number of thioether (sulfide) groups is 1. The molecule has 6 heteroatoms. The van der Waals surface area contributed by atoms with Crippen LogP contribution in [0.25, 0.3) is 0 Å². The van der Waals surface area contributed by atoms with Crippen LogP contribution in [0.2, 0.25) is 0 Å². The van der Waals surface area contributed by atoms with E-state index in [2.05, 4.69) is 27.3 Å². The molecule has 2 aromatic carbocycles. The van der Waals surface area contributed by atoms with E-state index in [0.29, 0.717) is 17.9 Å². The fraction of sp³-hybridized carbons (Fsp3) is 0.235. The van der Waals surface area contributed by atoms with Crippen LogP contribution >= 0.6 is 27.7 Å². The molecule has 1 amide bonds. The van der Waals surface area contributed by atoms with E-state index in [1.165, 1.54) is 5.56 Å². The average Bonchev–Trinajstić information content (AvgIpc) is 3.01. The topological polar surface area (TPSA) is 47.6 Å². The lowest BCUT2D eigenvalue weighted by molar-refractivity contribution is -0.115. The molecule has 0 saturated heterocycles. The summed E-state index contributed by atoms with van der Waals surface area (Å²) < 4.78 is 11.7. The molecule has 0 fully saturated rings. The number of nitrogens with one attached hydrogen (secondary N) is 1. The Morgan fingerprint density at radius 1 is 1.17 bits per heavy atom. The Kier molecular flexibility index (Phi) is 5.46. The number of benzene rings is 2. The van der Waals surface area contributed by atoms with Gasteiger partial charge in [-0.25, -0.2) is 0 Å². The lowest BCUT2D eigenvalue weighted by Gasteiger charge is -2.07. The molecule has 2 aromatic rings. The van der Waals surface area contributed by atoms with Gasteiger partial charge in [-0.2, -0.15) is 11.8 Å². The predicted molar refractivity (Wildman–Crippen MR) is 96.1 cm³/mol. The lowest BCUT2D eigenvalue weighted by atomic mass is 10.2. The van der Waals surface area contributed by atoms with Crippen LogP contribution in [-0.4, -0.2) is 18.5 Å². The first-order valence-electron chi connectivity index (χ1n) is 7.23. The van der Waals surface area contributed by atoms with Gasteiger partial charge in [-0.3, -0.25) is 4.79 Å². The van der Waals surface area contributed by atoms with Crippen molar-refractivity contribution in [1.82, 2.24) is 0 Å². The summed E-state index contributed by atoms with van der Waals surface area (Å²) in [5.41, 5.74) is 1.98. The molecule has 1 heterocycles. The molecule has 23 heavy (non-hydrogen) atoms. The molecular formula is C17H16BrNO3S. The summed E-state index contributed by atoms with van der Waals surface area (Å²) in [7, 11) is 0. The van der Waals surface area contributed by atoms with Crippen LogP contribution in [-0.2, 0) is 10.5 Å². The molecule has 0 aromatic heterocycles. The maximum atomic E-state index is 12.0. The van der Waals surface area contributed by atoms with E-state index in [0.717, 1.165) is 21.7 Å². The summed E-state index contributed by atoms with van der Waals surface area (Å²) in [4.78, 5) is 12.0. The van der Waals surface area contributed by atoms with Crippen molar-refractivity contribution in [1.29, 1.82) is 0 Å². The highest BCUT2D eigenvalue weighted by Crippen LogP contribution is 2.34. The van der Waals surface area contributed by atoms with Crippen molar-refractivity contribution >= 4 is 39.3 Å². The van der Waals surface area contributed by atoms with Gasteiger partial charge >= 0.3 is 0 Å². The number of carbonyl (C=O) groups excluding carboxylic acids is 1. The zero-order chi connectivity index (χ0) is 16.1. The molecule has 0 atom stereocenters. The Labute approximate surface area is 147 Å². The molecule has 0 radical (unpaired) electrons. The summed E-state index contributed by atoms with van der Waals surface area (Å²) in [6, 6.07) is 13.5. The van der Waals surface area contributed by atoms with Crippen molar-refractivity contribution in [3.63, 3.8) is 0 Å². The van der Waals surface area contributed by atoms with Gasteiger partial charge in [0.1, 0.15) is 0 Å². The van der Waals surface area contributed by atoms with Gasteiger partial charge in [0.05, 0.1) is 0 Å². The Morgan fingerprint density at radius 2 is 2.00 bits per heavy atom. The molecular weight excluding hydrogens is 378 g/mol. The zero-order valence-electron chi connectivity index (χ0n) is 12.4. The standard InChI is InChI=1S/C17H16BrNO3S/c18-14-4-2-1-3-12(14)10-23-8-7-17(20)19-13-5-6-15-16(9-13)22-11-21-15/h1-6,9H,7-8,10-11H2,(H,19,20). The second-order valence-electron chi connectivity index (χ2n) is 5.01. The van der Waals surface area contributed by atoms with Crippen LogP contribution in [0.4, 0.5) is 5.69 Å². The Bertz CT molecular complexity index is 708. The molecule has 3 rings (SSSR count). The number of hydrogen-bond donors (Lipinski definition) is 1. The van der Waals surface area contributed by atoms with Crippen LogP contribution in [0.1, 0.15) is 12.0 Å². The van der Waals surface area contributed by atoms with Crippen molar-refractivity contribution in [3.8, 4) is 11.5 Å². The van der Waals surface area contributed by atoms with Crippen LogP contribution in [0.3, 0.4) is 0 Å². The SMILES string of the molecule is O=C(CCSCc1ccccc1Br)Nc1ccc2c(c1)OCO2. The minimum Gasteiger partial charge on any atom is -0.454 e. The van der Waals surface area contributed by atoms with Crippen molar-refractivity contribution in [2.45, 2.75) is 12.2 Å². The molecule has 1 aliphatic rings. The predicted octanol–water partition coefficient (Wildman–Crippen LogP) is 4.44. The molecule has 1 N–H and O–H groups in total. The Hall–Kier alpha value is -1.66. The Balaban J connectivity index is 1.42. The van der Waals surface area contributed by atoms with Gasteiger partial charge in [0, 0.05) is 34.2 Å². The van der Waals surface area contributed by atoms with Crippen molar-refractivity contribution in [2.75, 3.05) is 17.9 Å². The summed E-state index contributed by atoms with van der Waals surface area (Å²) in [6.45, 7) is 0.235. The fourth-order valence-electron chi connectivity index (χ4n) is 2.16. The smallest absolute Gasteiger partial charge is 0.231 e. The van der Waals surface area contributed by atoms with E-state index in [-0.39, 0.29) is 12.7 Å². The average molecular weight is 394 g/mol. The van der Waals surface area contributed by atoms with Crippen molar-refractivity contribution in [2.24, 2.45) is 0 Å². The normalized spacial score (nSPS) is 12.2. The van der Waals surface area contributed by atoms with Gasteiger partial charge in [0.2, 0.25) is 12.7 Å². The van der Waals surface area contributed by atoms with Gasteiger partial charge in [0.25, 0.3) is 0 Å². The molecule has 120 valence electrons. The Morgan fingerprint density at radius 3 is 2.87 bits per heavy atom. The molecule has 0 aliphatic carbocycles. The summed E-state index contributed by atoms with van der Waals surface area (Å²) in [5.74, 6) is 3.05. The lowest BCUT2D eigenvalue weighted by Crippen LogP contribution is -2.12. The minimum atomic E-state index is 0.00323. The number of hydrogen-bond acceptors (Lipinski definition) is 4. The number of amides is 1. The van der Waals surface area contributed by atoms with Gasteiger partial charge in [-0.15, -0.1) is 0 Å². The summed E-state index contributed by atoms with van der Waals surface area (Å²) in [5, 5.41) is 2.88. The van der Waals surface area contributed by atoms with Gasteiger partial charge < -0.3 is 14.8 Å². The molecule has 4 nitrogen and oxygen atoms in total. The highest BCUT2D eigenvalue weighted by Gasteiger charge is 2.14. The highest BCUT2D eigenvalue weighted by atomic mass is 79.9. The van der Waals surface area contributed by atoms with Gasteiger partial charge in [-0.05, 0) is 23.8 Å². The fourth-order valence-corrected chi connectivity index (χ4v) is 3.72. The molecule has 0 bridgehead atoms. The minimum absolute atomic E-state index is 0.00323. The third-order valence-electron chi connectivity index (χ3n) is 3.35. The van der Waals surface area contributed by atoms with Crippen molar-refractivity contribution in [3.05, 3.63) is 52.5 Å². The van der Waals surface area contributed by atoms with E-state index >= 15 is 0 Å². The van der Waals surface area contributed by atoms with E-state index in [1.54, 1.807) is 23.9 Å². The maximum Gasteiger partial charge on any atom is 0.231 e. The number of rotatable bonds is 6. The van der Waals surface area contributed by atoms with Gasteiger partial charge in [0.15, 0.2) is 11.5 Å². The second kappa shape index (κ2) is 7.75. The van der Waals surface area contributed by atoms with Gasteiger partial charge in [-0.1, -0.05) is 34.1 Å². The molecule has 0 saturated carbocycles. The molecule has 0 spiro atoms. The van der Waals surface area contributed by atoms with E-state index in [1.807, 2.05) is 24.3 Å². The first kappa shape index (κ1) is 16.2. The molecule has 1 aliphatic heterocycles. The number of halogens is 1. The number of fused-ring (bicyclic) bond motifs is 1. The quantitative estimate of drug-likeness (QED) is 0.736. The van der Waals surface area contributed by atoms with Crippen LogP contribution in [0.5, 0.6) is 11.5 Å². The van der Waals surface area contributed by atoms with E-state index in [4.69, 9.17) is 9.47 Å². The third kappa shape index (κ3) is 4.42. The zero-order valence-corrected chi connectivity index (χ0v) is 14.8. The van der Waals surface area contributed by atoms with E-state index in [9.17, 15) is 4.79 Å². The second-order valence-corrected chi connectivity index (χ2v) is 6.97. The largest absolute Gasteiger partial charge is 0.454 e. The van der Waals surface area contributed by atoms with E-state index < -0.39 is 0 Å². The highest BCUT2D eigenvalue weighted by molar-refractivity contribution is 9.10. The van der Waals surface area contributed by atoms with Crippen molar-refractivity contribution < 1.29 is 14.3 Å². The maximum absolute atomic E-state index is 12.0. The van der Waals surface area contributed by atoms with Crippen LogP contribution in [0, 0.1) is 0 Å². The molecule has 0 unspecified atom stereocenters. The first-order chi connectivity index (χ1) is 11.2. The number of ether oxygens (including phenoxy) is 2. The number of carbonyl (C=O) groups is 1. The van der Waals surface area contributed by atoms with Crippen LogP contribution < -0.4 is 14.8 Å². The summed E-state index contributed by atoms with van der Waals surface area (Å²) in [6.07, 6.45) is 0.476.